The molecule has 0 bridgehead atoms. The molecule has 3 rings (SSSR count). The summed E-state index contributed by atoms with van der Waals surface area (Å²) in [5, 5.41) is 29.0. The average Bonchev–Trinajstić information content (AvgIpc) is 3.07. The number of aliphatic carboxylic acids is 3. The summed E-state index contributed by atoms with van der Waals surface area (Å²) >= 11 is 0. The molecule has 200 valence electrons. The maximum Gasteiger partial charge on any atom is 0.330 e. The van der Waals surface area contributed by atoms with Gasteiger partial charge in [-0.05, 0) is 94.8 Å². The molecule has 0 aromatic heterocycles. The summed E-state index contributed by atoms with van der Waals surface area (Å²) < 4.78 is 0. The van der Waals surface area contributed by atoms with E-state index in [1.54, 1.807) is 26.8 Å². The van der Waals surface area contributed by atoms with Gasteiger partial charge in [-0.1, -0.05) is 50.1 Å². The second kappa shape index (κ2) is 9.83. The predicted molar refractivity (Wildman–Crippen MR) is 139 cm³/mol. The van der Waals surface area contributed by atoms with Gasteiger partial charge in [0.2, 0.25) is 0 Å². The van der Waals surface area contributed by atoms with Crippen LogP contribution in [0.15, 0.2) is 34.9 Å². The lowest BCUT2D eigenvalue weighted by molar-refractivity contribution is -0.156. The molecule has 0 unspecified atom stereocenters. The number of carboxylic acids is 3. The van der Waals surface area contributed by atoms with Crippen LogP contribution >= 0.6 is 0 Å². The average molecular weight is 501 g/mol. The molecular weight excluding hydrogens is 456 g/mol. The SMILES string of the molecule is C=C1[C@@H]([C@H](C)CC/C=C(/C)C(=O)O)CC[C@@]2(C)C3=C(C[C@@H]12)[C@@](C)(CC(=O)O)[C@H](C(C)(C)C(=O)O)CC3. The van der Waals surface area contributed by atoms with Crippen molar-refractivity contribution in [3.8, 4) is 0 Å². The van der Waals surface area contributed by atoms with Crippen LogP contribution in [0.2, 0.25) is 0 Å². The van der Waals surface area contributed by atoms with Crippen LogP contribution in [0.1, 0.15) is 92.9 Å². The number of carboxylic acid groups (broad SMARTS) is 3. The number of carbonyl (C=O) groups is 3. The van der Waals surface area contributed by atoms with Gasteiger partial charge in [0, 0.05) is 11.0 Å². The summed E-state index contributed by atoms with van der Waals surface area (Å²) in [4.78, 5) is 35.4. The second-order valence-corrected chi connectivity index (χ2v) is 12.7. The van der Waals surface area contributed by atoms with Crippen molar-refractivity contribution in [3.05, 3.63) is 34.9 Å². The Morgan fingerprint density at radius 1 is 1.14 bits per heavy atom. The van der Waals surface area contributed by atoms with E-state index in [1.807, 2.05) is 6.92 Å². The van der Waals surface area contributed by atoms with E-state index in [2.05, 4.69) is 20.4 Å². The normalized spacial score (nSPS) is 33.7. The molecular formula is C30H44O6. The van der Waals surface area contributed by atoms with Crippen molar-refractivity contribution >= 4 is 17.9 Å². The molecule has 0 aliphatic heterocycles. The van der Waals surface area contributed by atoms with E-state index < -0.39 is 28.7 Å². The summed E-state index contributed by atoms with van der Waals surface area (Å²) in [6.45, 7) is 16.2. The zero-order chi connectivity index (χ0) is 27.2. The smallest absolute Gasteiger partial charge is 0.330 e. The van der Waals surface area contributed by atoms with Crippen molar-refractivity contribution in [2.24, 2.45) is 39.9 Å². The fourth-order valence-electron chi connectivity index (χ4n) is 8.06. The van der Waals surface area contributed by atoms with E-state index in [0.29, 0.717) is 23.8 Å². The molecule has 6 heteroatoms. The van der Waals surface area contributed by atoms with Crippen LogP contribution in [0.4, 0.5) is 0 Å². The lowest BCUT2D eigenvalue weighted by Crippen LogP contribution is -2.47. The van der Waals surface area contributed by atoms with Crippen molar-refractivity contribution < 1.29 is 29.7 Å². The third kappa shape index (κ3) is 4.68. The quantitative estimate of drug-likeness (QED) is 0.239. The Labute approximate surface area is 215 Å². The van der Waals surface area contributed by atoms with Gasteiger partial charge in [0.15, 0.2) is 0 Å². The van der Waals surface area contributed by atoms with Crippen LogP contribution in [0.3, 0.4) is 0 Å². The maximum atomic E-state index is 12.2. The molecule has 1 saturated carbocycles. The maximum absolute atomic E-state index is 12.2. The van der Waals surface area contributed by atoms with Crippen LogP contribution in [0.25, 0.3) is 0 Å². The zero-order valence-corrected chi connectivity index (χ0v) is 22.8. The van der Waals surface area contributed by atoms with Crippen molar-refractivity contribution in [2.45, 2.75) is 92.9 Å². The lowest BCUT2D eigenvalue weighted by Gasteiger charge is -2.50. The zero-order valence-electron chi connectivity index (χ0n) is 22.8. The molecule has 0 spiro atoms. The lowest BCUT2D eigenvalue weighted by atomic mass is 9.53. The molecule has 6 nitrogen and oxygen atoms in total. The van der Waals surface area contributed by atoms with Gasteiger partial charge in [-0.3, -0.25) is 9.59 Å². The fourth-order valence-corrected chi connectivity index (χ4v) is 8.06. The molecule has 6 atom stereocenters. The van der Waals surface area contributed by atoms with Gasteiger partial charge in [0.05, 0.1) is 11.8 Å². The monoisotopic (exact) mass is 500 g/mol. The number of rotatable bonds is 9. The molecule has 0 heterocycles. The van der Waals surface area contributed by atoms with Crippen LogP contribution in [-0.4, -0.2) is 33.2 Å². The Hall–Kier alpha value is -2.37. The molecule has 0 saturated heterocycles. The molecule has 1 fully saturated rings. The first kappa shape index (κ1) is 28.2. The molecule has 3 aliphatic rings. The Kier molecular flexibility index (Phi) is 7.70. The first-order valence-electron chi connectivity index (χ1n) is 13.3. The standard InChI is InChI=1S/C30H44O6/c1-17(9-8-10-18(2)26(33)34)20-13-14-29(6)21-11-12-24(28(4,5)27(35)36)30(7,16-25(31)32)23(21)15-22(29)19(20)3/h10,17,20,22,24H,3,8-9,11-16H2,1-2,4-7H3,(H,31,32)(H,33,34)(H,35,36)/b18-10-/t17-,20-,22+,24+,29+,30-/m1/s1. The summed E-state index contributed by atoms with van der Waals surface area (Å²) in [5.41, 5.74) is 2.37. The molecule has 3 aliphatic carbocycles. The minimum atomic E-state index is -1.02. The van der Waals surface area contributed by atoms with Gasteiger partial charge in [0.25, 0.3) is 0 Å². The molecule has 3 N–H and O–H groups in total. The Morgan fingerprint density at radius 2 is 1.78 bits per heavy atom. The van der Waals surface area contributed by atoms with Crippen molar-refractivity contribution in [2.75, 3.05) is 0 Å². The fraction of sp³-hybridized carbons (Fsp3) is 0.700. The Morgan fingerprint density at radius 3 is 2.33 bits per heavy atom. The number of fused-ring (bicyclic) bond motifs is 2. The van der Waals surface area contributed by atoms with Crippen LogP contribution in [0.5, 0.6) is 0 Å². The van der Waals surface area contributed by atoms with E-state index in [9.17, 15) is 24.6 Å². The highest BCUT2D eigenvalue weighted by molar-refractivity contribution is 5.85. The number of hydrogen-bond acceptors (Lipinski definition) is 3. The summed E-state index contributed by atoms with van der Waals surface area (Å²) in [6.07, 6.45) is 7.68. The highest BCUT2D eigenvalue weighted by Gasteiger charge is 2.59. The third-order valence-corrected chi connectivity index (χ3v) is 10.3. The highest BCUT2D eigenvalue weighted by atomic mass is 16.4. The Bertz CT molecular complexity index is 1020. The Balaban J connectivity index is 1.89. The first-order chi connectivity index (χ1) is 16.6. The largest absolute Gasteiger partial charge is 0.481 e. The van der Waals surface area contributed by atoms with E-state index in [4.69, 9.17) is 5.11 Å². The number of hydrogen-bond donors (Lipinski definition) is 3. The van der Waals surface area contributed by atoms with Gasteiger partial charge in [0.1, 0.15) is 0 Å². The van der Waals surface area contributed by atoms with E-state index >= 15 is 0 Å². The minimum Gasteiger partial charge on any atom is -0.481 e. The van der Waals surface area contributed by atoms with Gasteiger partial charge in [-0.2, -0.15) is 0 Å². The molecule has 36 heavy (non-hydrogen) atoms. The predicted octanol–water partition coefficient (Wildman–Crippen LogP) is 6.72. The van der Waals surface area contributed by atoms with Gasteiger partial charge >= 0.3 is 17.9 Å². The molecule has 0 radical (unpaired) electrons. The van der Waals surface area contributed by atoms with Crippen LogP contribution in [-0.2, 0) is 14.4 Å². The van der Waals surface area contributed by atoms with Crippen molar-refractivity contribution in [1.82, 2.24) is 0 Å². The van der Waals surface area contributed by atoms with Gasteiger partial charge in [-0.15, -0.1) is 0 Å². The van der Waals surface area contributed by atoms with E-state index in [0.717, 1.165) is 38.5 Å². The van der Waals surface area contributed by atoms with Crippen LogP contribution in [0, 0.1) is 39.9 Å². The number of allylic oxidation sites excluding steroid dienone is 4. The molecule has 0 aromatic rings. The van der Waals surface area contributed by atoms with Crippen molar-refractivity contribution in [3.63, 3.8) is 0 Å². The summed E-state index contributed by atoms with van der Waals surface area (Å²) in [7, 11) is 0. The van der Waals surface area contributed by atoms with Crippen molar-refractivity contribution in [1.29, 1.82) is 0 Å². The second-order valence-electron chi connectivity index (χ2n) is 12.7. The topological polar surface area (TPSA) is 112 Å². The van der Waals surface area contributed by atoms with E-state index in [-0.39, 0.29) is 23.7 Å². The minimum absolute atomic E-state index is 0.0550. The summed E-state index contributed by atoms with van der Waals surface area (Å²) in [6, 6.07) is 0. The highest BCUT2D eigenvalue weighted by Crippen LogP contribution is 2.68. The summed E-state index contributed by atoms with van der Waals surface area (Å²) in [5.74, 6) is -1.93. The van der Waals surface area contributed by atoms with Crippen LogP contribution < -0.4 is 0 Å². The van der Waals surface area contributed by atoms with Gasteiger partial charge in [-0.25, -0.2) is 4.79 Å². The first-order valence-corrected chi connectivity index (χ1v) is 13.3. The van der Waals surface area contributed by atoms with E-state index in [1.165, 1.54) is 16.7 Å². The molecule has 0 aromatic carbocycles. The molecule has 0 amide bonds. The third-order valence-electron chi connectivity index (χ3n) is 10.3. The van der Waals surface area contributed by atoms with Gasteiger partial charge < -0.3 is 15.3 Å².